The molecule has 0 aliphatic rings. The maximum absolute atomic E-state index is 8.52. The first kappa shape index (κ1) is 15.7. The van der Waals surface area contributed by atoms with Crippen LogP contribution in [0.3, 0.4) is 0 Å². The normalized spacial score (nSPS) is 4.00. The summed E-state index contributed by atoms with van der Waals surface area (Å²) >= 11 is 0. The Morgan fingerprint density at radius 3 is 1.17 bits per heavy atom. The molecule has 3 nitrogen and oxygen atoms in total. The van der Waals surface area contributed by atoms with Crippen molar-refractivity contribution in [3.8, 4) is 0 Å². The second-order valence-electron chi connectivity index (χ2n) is 0.250. The molecular weight excluding hydrogens is 485 g/mol. The summed E-state index contributed by atoms with van der Waals surface area (Å²) in [5.74, 6) is 0. The van der Waals surface area contributed by atoms with Gasteiger partial charge in [-0.15, -0.1) is 0 Å². The molecule has 6 heavy (non-hydrogen) atoms. The van der Waals surface area contributed by atoms with Crippen LogP contribution in [0.2, 0.25) is 0 Å². The molecule has 0 saturated carbocycles. The van der Waals surface area contributed by atoms with Crippen molar-refractivity contribution in [2.75, 3.05) is 0 Å². The summed E-state index contributed by atoms with van der Waals surface area (Å²) in [6.45, 7) is 0. The van der Waals surface area contributed by atoms with E-state index in [2.05, 4.69) is 0 Å². The van der Waals surface area contributed by atoms with Crippen molar-refractivity contribution in [2.45, 2.75) is 0 Å². The summed E-state index contributed by atoms with van der Waals surface area (Å²) in [6, 6.07) is 0. The minimum Gasteiger partial charge on any atom is -0.672 e. The Hall–Kier alpha value is 1.46. The summed E-state index contributed by atoms with van der Waals surface area (Å²) in [5.41, 5.74) is 0. The molecule has 0 bridgehead atoms. The molecule has 0 N–H and O–H groups in total. The maximum atomic E-state index is 8.52. The van der Waals surface area contributed by atoms with Crippen LogP contribution in [0.4, 0.5) is 0 Å². The average molecular weight is 485 g/mol. The summed E-state index contributed by atoms with van der Waals surface area (Å²) in [5, 5.41) is 0. The molecule has 0 atom stereocenters. The molecule has 0 aromatic rings. The van der Waals surface area contributed by atoms with Crippen LogP contribution in [0.25, 0.3) is 0 Å². The third-order valence-corrected chi connectivity index (χ3v) is 0. The number of rotatable bonds is 0. The standard InChI is InChI=1S/O3Si.2Tl/c1-4(2)3;;/q-2;2*+1. The van der Waals surface area contributed by atoms with Gasteiger partial charge in [0.15, 0.2) is 0 Å². The van der Waals surface area contributed by atoms with Crippen LogP contribution >= 0.6 is 0 Å². The third kappa shape index (κ3) is 50.9. The second kappa shape index (κ2) is 9.68. The molecule has 0 aliphatic heterocycles. The predicted molar refractivity (Wildman–Crippen MR) is 17.9 cm³/mol. The van der Waals surface area contributed by atoms with E-state index in [0.717, 1.165) is 0 Å². The summed E-state index contributed by atoms with van der Waals surface area (Å²) in [4.78, 5) is 17.0. The van der Waals surface area contributed by atoms with E-state index in [4.69, 9.17) is 14.1 Å². The van der Waals surface area contributed by atoms with Crippen LogP contribution in [0.15, 0.2) is 0 Å². The first-order valence-corrected chi connectivity index (χ1v) is 1.84. The summed E-state index contributed by atoms with van der Waals surface area (Å²) in [7, 11) is -3.63. The largest absolute Gasteiger partial charge is 1.00 e. The van der Waals surface area contributed by atoms with Crippen molar-refractivity contribution in [1.82, 2.24) is 0 Å². The summed E-state index contributed by atoms with van der Waals surface area (Å²) < 4.78 is 8.52. The van der Waals surface area contributed by atoms with Crippen LogP contribution < -0.4 is 9.59 Å². The van der Waals surface area contributed by atoms with Gasteiger partial charge in [-0.1, -0.05) is 0 Å². The first-order valence-electron chi connectivity index (χ1n) is 0.612. The van der Waals surface area contributed by atoms with Gasteiger partial charge in [0, 0.05) is 9.17 Å². The van der Waals surface area contributed by atoms with Gasteiger partial charge in [-0.3, -0.25) is 0 Å². The van der Waals surface area contributed by atoms with Gasteiger partial charge >= 0.3 is 54.6 Å². The van der Waals surface area contributed by atoms with E-state index in [0.29, 0.717) is 0 Å². The quantitative estimate of drug-likeness (QED) is 0.333. The van der Waals surface area contributed by atoms with Crippen LogP contribution in [0, 0.1) is 0 Å². The average Bonchev–Trinajstić information content (AvgIpc) is 0.811. The van der Waals surface area contributed by atoms with E-state index >= 15 is 0 Å². The Balaban J connectivity index is -0.0000000450. The Bertz CT molecular complexity index is 31.8. The Morgan fingerprint density at radius 2 is 1.17 bits per heavy atom. The fraction of sp³-hybridized carbons (Fsp3) is 0. The van der Waals surface area contributed by atoms with Crippen LogP contribution in [-0.4, -0.2) is 63.8 Å². The molecule has 0 amide bonds. The fourth-order valence-corrected chi connectivity index (χ4v) is 0. The monoisotopic (exact) mass is 486 g/mol. The molecule has 0 radical (unpaired) electrons. The zero-order valence-corrected chi connectivity index (χ0v) is 12.9. The van der Waals surface area contributed by atoms with Crippen molar-refractivity contribution in [2.24, 2.45) is 0 Å². The van der Waals surface area contributed by atoms with Gasteiger partial charge in [0.05, 0.1) is 0 Å². The molecule has 28 valence electrons. The van der Waals surface area contributed by atoms with Crippen molar-refractivity contribution >= 4 is 63.8 Å². The number of hydrogen-bond acceptors (Lipinski definition) is 3. The topological polar surface area (TPSA) is 63.2 Å². The van der Waals surface area contributed by atoms with Crippen LogP contribution in [-0.2, 0) is 4.46 Å². The van der Waals surface area contributed by atoms with Crippen molar-refractivity contribution in [3.05, 3.63) is 0 Å². The van der Waals surface area contributed by atoms with E-state index in [1.807, 2.05) is 0 Å². The SMILES string of the molecule is O=[Si]([O-])[O-].[Tl+].[Tl+]. The fourth-order valence-electron chi connectivity index (χ4n) is 0. The van der Waals surface area contributed by atoms with Crippen molar-refractivity contribution in [1.29, 1.82) is 0 Å². The van der Waals surface area contributed by atoms with Gasteiger partial charge in [-0.25, -0.2) is 0 Å². The van der Waals surface area contributed by atoms with Gasteiger partial charge in [0.2, 0.25) is 0 Å². The first-order chi connectivity index (χ1) is 1.73. The molecule has 0 aromatic heterocycles. The van der Waals surface area contributed by atoms with Gasteiger partial charge in [0.1, 0.15) is 0 Å². The molecule has 0 heterocycles. The third-order valence-electron chi connectivity index (χ3n) is 0. The Kier molecular flexibility index (Phi) is 25.3. The van der Waals surface area contributed by atoms with E-state index in [-0.39, 0.29) is 54.6 Å². The molecule has 0 unspecified atom stereocenters. The van der Waals surface area contributed by atoms with E-state index in [9.17, 15) is 0 Å². The minimum absolute atomic E-state index is 0. The zero-order valence-electron chi connectivity index (χ0n) is 2.88. The molecule has 6 heteroatoms. The van der Waals surface area contributed by atoms with Gasteiger partial charge in [-0.05, 0) is 0 Å². The molecule has 0 rings (SSSR count). The van der Waals surface area contributed by atoms with E-state index < -0.39 is 9.17 Å². The van der Waals surface area contributed by atoms with Gasteiger partial charge < -0.3 is 14.1 Å². The molecule has 0 aliphatic carbocycles. The second-order valence-corrected chi connectivity index (χ2v) is 0.750. The van der Waals surface area contributed by atoms with E-state index in [1.165, 1.54) is 0 Å². The number of hydrogen-bond donors (Lipinski definition) is 0. The molecule has 0 fully saturated rings. The van der Waals surface area contributed by atoms with Gasteiger partial charge in [-0.2, -0.15) is 0 Å². The Morgan fingerprint density at radius 1 is 1.17 bits per heavy atom. The molecule has 0 aromatic carbocycles. The van der Waals surface area contributed by atoms with Gasteiger partial charge in [0.25, 0.3) is 0 Å². The maximum Gasteiger partial charge on any atom is 1.00 e. The minimum atomic E-state index is -3.63. The Labute approximate surface area is 77.0 Å². The smallest absolute Gasteiger partial charge is 0.672 e. The molecule has 0 saturated heterocycles. The van der Waals surface area contributed by atoms with E-state index in [1.54, 1.807) is 0 Å². The van der Waals surface area contributed by atoms with Crippen molar-refractivity contribution in [3.63, 3.8) is 0 Å². The summed E-state index contributed by atoms with van der Waals surface area (Å²) in [6.07, 6.45) is 0. The van der Waals surface area contributed by atoms with Crippen molar-refractivity contribution < 1.29 is 14.1 Å². The van der Waals surface area contributed by atoms with Crippen LogP contribution in [0.5, 0.6) is 0 Å². The van der Waals surface area contributed by atoms with Crippen LogP contribution in [0.1, 0.15) is 0 Å². The molecule has 0 spiro atoms. The predicted octanol–water partition coefficient (Wildman–Crippen LogP) is -3.64. The molecular formula is O3SiTl2. The zero-order chi connectivity index (χ0) is 3.58.